The van der Waals surface area contributed by atoms with E-state index in [4.69, 9.17) is 22.3 Å². The van der Waals surface area contributed by atoms with Crippen LogP contribution in [-0.4, -0.2) is 37.7 Å². The lowest BCUT2D eigenvalue weighted by Crippen LogP contribution is -2.33. The van der Waals surface area contributed by atoms with Crippen molar-refractivity contribution in [1.82, 2.24) is 19.7 Å². The van der Waals surface area contributed by atoms with Crippen LogP contribution < -0.4 is 16.4 Å². The second-order valence-electron chi connectivity index (χ2n) is 10.5. The molecule has 12 heteroatoms. The van der Waals surface area contributed by atoms with Crippen molar-refractivity contribution in [3.63, 3.8) is 0 Å². The third-order valence-electron chi connectivity index (χ3n) is 7.39. The predicted molar refractivity (Wildman–Crippen MR) is 154 cm³/mol. The van der Waals surface area contributed by atoms with E-state index in [0.29, 0.717) is 17.8 Å². The van der Waals surface area contributed by atoms with Crippen LogP contribution in [0.1, 0.15) is 49.3 Å². The fraction of sp³-hybridized carbons (Fsp3) is 0.379. The van der Waals surface area contributed by atoms with E-state index in [1.165, 1.54) is 6.07 Å². The monoisotopic (exact) mass is 585 g/mol. The number of carbonyl (C=O) groups excluding carboxylic acids is 1. The van der Waals surface area contributed by atoms with Crippen LogP contribution >= 0.6 is 11.6 Å². The summed E-state index contributed by atoms with van der Waals surface area (Å²) in [7, 11) is 1.76. The third-order valence-corrected chi connectivity index (χ3v) is 7.72. The summed E-state index contributed by atoms with van der Waals surface area (Å²) in [5, 5.41) is 11.0. The maximum absolute atomic E-state index is 13.2. The SMILES string of the molecule is CCc1cc(-c2cc(NC(=O)Cc3ccc(Cl)c(C(F)(F)F)c3)nn2C)cc2cnc(NC3CCC(N)CC3)nc12. The number of hydrogen-bond donors (Lipinski definition) is 3. The van der Waals surface area contributed by atoms with Gasteiger partial charge in [-0.1, -0.05) is 24.6 Å². The van der Waals surface area contributed by atoms with Crippen molar-refractivity contribution in [2.45, 2.75) is 63.7 Å². The number of carbonyl (C=O) groups is 1. The average molecular weight is 586 g/mol. The number of fused-ring (bicyclic) bond motifs is 1. The molecule has 2 aromatic heterocycles. The van der Waals surface area contributed by atoms with E-state index in [9.17, 15) is 18.0 Å². The smallest absolute Gasteiger partial charge is 0.351 e. The molecule has 41 heavy (non-hydrogen) atoms. The van der Waals surface area contributed by atoms with Crippen LogP contribution in [0.15, 0.2) is 42.6 Å². The highest BCUT2D eigenvalue weighted by atomic mass is 35.5. The number of benzene rings is 2. The first-order chi connectivity index (χ1) is 19.5. The molecule has 0 unspecified atom stereocenters. The van der Waals surface area contributed by atoms with Crippen LogP contribution in [0.3, 0.4) is 0 Å². The number of rotatable bonds is 7. The number of nitrogens with two attached hydrogens (primary N) is 1. The van der Waals surface area contributed by atoms with E-state index in [-0.39, 0.29) is 18.0 Å². The molecular weight excluding hydrogens is 555 g/mol. The van der Waals surface area contributed by atoms with Gasteiger partial charge in [-0.2, -0.15) is 18.3 Å². The molecule has 1 fully saturated rings. The zero-order valence-corrected chi connectivity index (χ0v) is 23.5. The Morgan fingerprint density at radius 1 is 1.15 bits per heavy atom. The molecular formula is C29H31ClF3N7O. The molecule has 0 atom stereocenters. The van der Waals surface area contributed by atoms with E-state index in [1.807, 2.05) is 18.3 Å². The fourth-order valence-electron chi connectivity index (χ4n) is 5.22. The van der Waals surface area contributed by atoms with E-state index in [2.05, 4.69) is 27.6 Å². The normalized spacial score (nSPS) is 17.5. The van der Waals surface area contributed by atoms with Crippen LogP contribution in [0.4, 0.5) is 24.9 Å². The minimum absolute atomic E-state index is 0.193. The quantitative estimate of drug-likeness (QED) is 0.241. The number of aromatic nitrogens is 4. The second-order valence-corrected chi connectivity index (χ2v) is 10.9. The number of halogens is 4. The number of aryl methyl sites for hydroxylation is 2. The number of alkyl halides is 3. The minimum atomic E-state index is -4.61. The van der Waals surface area contributed by atoms with Crippen LogP contribution in [0.2, 0.25) is 5.02 Å². The molecule has 5 rings (SSSR count). The summed E-state index contributed by atoms with van der Waals surface area (Å²) in [6, 6.07) is 9.77. The van der Waals surface area contributed by atoms with Crippen LogP contribution in [-0.2, 0) is 30.9 Å². The zero-order valence-electron chi connectivity index (χ0n) is 22.7. The number of nitrogens with one attached hydrogen (secondary N) is 2. The maximum atomic E-state index is 13.2. The molecule has 0 radical (unpaired) electrons. The van der Waals surface area contributed by atoms with Crippen molar-refractivity contribution in [2.75, 3.05) is 10.6 Å². The summed E-state index contributed by atoms with van der Waals surface area (Å²) in [5.74, 6) is 0.402. The molecule has 8 nitrogen and oxygen atoms in total. The lowest BCUT2D eigenvalue weighted by Gasteiger charge is -2.26. The average Bonchev–Trinajstić information content (AvgIpc) is 3.29. The summed E-state index contributed by atoms with van der Waals surface area (Å²) < 4.78 is 41.2. The van der Waals surface area contributed by atoms with E-state index >= 15 is 0 Å². The predicted octanol–water partition coefficient (Wildman–Crippen LogP) is 6.13. The Morgan fingerprint density at radius 3 is 2.61 bits per heavy atom. The van der Waals surface area contributed by atoms with Gasteiger partial charge < -0.3 is 16.4 Å². The molecule has 1 aliphatic rings. The van der Waals surface area contributed by atoms with Crippen molar-refractivity contribution in [3.8, 4) is 11.3 Å². The lowest BCUT2D eigenvalue weighted by molar-refractivity contribution is -0.137. The van der Waals surface area contributed by atoms with Gasteiger partial charge >= 0.3 is 6.18 Å². The Kier molecular flexibility index (Phi) is 8.19. The van der Waals surface area contributed by atoms with Gasteiger partial charge in [-0.25, -0.2) is 9.97 Å². The van der Waals surface area contributed by atoms with Crippen molar-refractivity contribution < 1.29 is 18.0 Å². The summed E-state index contributed by atoms with van der Waals surface area (Å²) in [5.41, 5.74) is 8.80. The van der Waals surface area contributed by atoms with E-state index in [1.54, 1.807) is 17.8 Å². The van der Waals surface area contributed by atoms with Crippen LogP contribution in [0.25, 0.3) is 22.2 Å². The highest BCUT2D eigenvalue weighted by molar-refractivity contribution is 6.31. The molecule has 2 aromatic carbocycles. The van der Waals surface area contributed by atoms with E-state index < -0.39 is 22.7 Å². The van der Waals surface area contributed by atoms with Gasteiger partial charge in [-0.15, -0.1) is 0 Å². The zero-order chi connectivity index (χ0) is 29.3. The molecule has 1 saturated carbocycles. The van der Waals surface area contributed by atoms with Gasteiger partial charge in [0, 0.05) is 42.3 Å². The first-order valence-electron chi connectivity index (χ1n) is 13.5. The van der Waals surface area contributed by atoms with Gasteiger partial charge in [0.15, 0.2) is 5.82 Å². The first-order valence-corrected chi connectivity index (χ1v) is 13.9. The highest BCUT2D eigenvalue weighted by Crippen LogP contribution is 2.35. The fourth-order valence-corrected chi connectivity index (χ4v) is 5.45. The number of amides is 1. The highest BCUT2D eigenvalue weighted by Gasteiger charge is 2.33. The molecule has 1 aliphatic carbocycles. The van der Waals surface area contributed by atoms with Gasteiger partial charge in [0.05, 0.1) is 28.2 Å². The van der Waals surface area contributed by atoms with Crippen molar-refractivity contribution in [1.29, 1.82) is 0 Å². The summed E-state index contributed by atoms with van der Waals surface area (Å²) >= 11 is 5.69. The molecule has 4 N–H and O–H groups in total. The van der Waals surface area contributed by atoms with Crippen molar-refractivity contribution in [3.05, 3.63) is 64.3 Å². The Morgan fingerprint density at radius 2 is 1.90 bits per heavy atom. The maximum Gasteiger partial charge on any atom is 0.417 e. The van der Waals surface area contributed by atoms with Crippen molar-refractivity contribution in [2.24, 2.45) is 12.8 Å². The second kappa shape index (κ2) is 11.7. The Labute approximate surface area is 240 Å². The van der Waals surface area contributed by atoms with Gasteiger partial charge in [0.2, 0.25) is 11.9 Å². The number of anilines is 2. The molecule has 216 valence electrons. The summed E-state index contributed by atoms with van der Waals surface area (Å²) in [6.07, 6.45) is 1.66. The molecule has 0 bridgehead atoms. The summed E-state index contributed by atoms with van der Waals surface area (Å²) in [4.78, 5) is 22.0. The van der Waals surface area contributed by atoms with Gasteiger partial charge in [0.1, 0.15) is 0 Å². The topological polar surface area (TPSA) is 111 Å². The largest absolute Gasteiger partial charge is 0.417 e. The van der Waals surface area contributed by atoms with E-state index in [0.717, 1.165) is 72.0 Å². The Balaban J connectivity index is 1.33. The molecule has 2 heterocycles. The molecule has 4 aromatic rings. The standard InChI is InChI=1S/C29H31ClF3N7O/c1-3-17-12-18(13-19-15-35-28(38-27(17)19)36-21-7-5-20(34)6-8-21)24-14-25(39-40(24)2)37-26(41)11-16-4-9-23(30)22(10-16)29(31,32)33/h4,9-10,12-15,20-21H,3,5-8,11,34H2,1-2H3,(H,35,36,38)(H,37,39,41). The molecule has 0 aliphatic heterocycles. The van der Waals surface area contributed by atoms with Crippen LogP contribution in [0, 0.1) is 0 Å². The molecule has 0 spiro atoms. The van der Waals surface area contributed by atoms with Crippen molar-refractivity contribution >= 4 is 40.2 Å². The van der Waals surface area contributed by atoms with Gasteiger partial charge in [-0.3, -0.25) is 9.48 Å². The minimum Gasteiger partial charge on any atom is -0.351 e. The summed E-state index contributed by atoms with van der Waals surface area (Å²) in [6.45, 7) is 2.06. The third kappa shape index (κ3) is 6.62. The Hall–Kier alpha value is -3.70. The molecule has 0 saturated heterocycles. The Bertz CT molecular complexity index is 1580. The first kappa shape index (κ1) is 28.8. The van der Waals surface area contributed by atoms with Crippen LogP contribution in [0.5, 0.6) is 0 Å². The lowest BCUT2D eigenvalue weighted by atomic mass is 9.92. The number of nitrogens with zero attached hydrogens (tertiary/aromatic N) is 4. The van der Waals surface area contributed by atoms with Gasteiger partial charge in [-0.05, 0) is 67.5 Å². The number of hydrogen-bond acceptors (Lipinski definition) is 6. The van der Waals surface area contributed by atoms with Gasteiger partial charge in [0.25, 0.3) is 0 Å². The molecule has 1 amide bonds.